The van der Waals surface area contributed by atoms with Crippen molar-refractivity contribution in [3.05, 3.63) is 33.4 Å². The molecule has 1 aliphatic heterocycles. The standard InChI is InChI=1S/C10H11IN2O/c11-9-3-1-2-8(6-9)7-13-5-4-12-10(13)14/h1-3,6H,4-5,7H2,(H,12,14). The molecule has 1 N–H and O–H groups in total. The summed E-state index contributed by atoms with van der Waals surface area (Å²) in [7, 11) is 0. The second-order valence-electron chi connectivity index (χ2n) is 3.28. The molecule has 0 unspecified atom stereocenters. The van der Waals surface area contributed by atoms with Crippen molar-refractivity contribution in [1.29, 1.82) is 0 Å². The molecule has 1 saturated heterocycles. The van der Waals surface area contributed by atoms with Gasteiger partial charge >= 0.3 is 6.03 Å². The van der Waals surface area contributed by atoms with Crippen LogP contribution in [0.3, 0.4) is 0 Å². The lowest BCUT2D eigenvalue weighted by molar-refractivity contribution is 0.215. The number of rotatable bonds is 2. The molecular weight excluding hydrogens is 291 g/mol. The molecule has 14 heavy (non-hydrogen) atoms. The number of hydrogen-bond donors (Lipinski definition) is 1. The Balaban J connectivity index is 2.07. The number of carbonyl (C=O) groups is 1. The zero-order valence-electron chi connectivity index (χ0n) is 7.66. The Morgan fingerprint density at radius 3 is 3.00 bits per heavy atom. The van der Waals surface area contributed by atoms with Crippen molar-refractivity contribution in [3.63, 3.8) is 0 Å². The van der Waals surface area contributed by atoms with Crippen LogP contribution < -0.4 is 5.32 Å². The minimum Gasteiger partial charge on any atom is -0.336 e. The second kappa shape index (κ2) is 4.16. The van der Waals surface area contributed by atoms with Crippen LogP contribution in [-0.4, -0.2) is 24.0 Å². The van der Waals surface area contributed by atoms with Crippen molar-refractivity contribution in [1.82, 2.24) is 10.2 Å². The quantitative estimate of drug-likeness (QED) is 0.830. The Bertz CT molecular complexity index is 354. The highest BCUT2D eigenvalue weighted by molar-refractivity contribution is 14.1. The molecule has 0 radical (unpaired) electrons. The average molecular weight is 302 g/mol. The lowest BCUT2D eigenvalue weighted by atomic mass is 10.2. The Morgan fingerprint density at radius 2 is 2.36 bits per heavy atom. The van der Waals surface area contributed by atoms with Crippen LogP contribution in [-0.2, 0) is 6.54 Å². The minimum absolute atomic E-state index is 0.0452. The molecule has 0 atom stereocenters. The van der Waals surface area contributed by atoms with Crippen molar-refractivity contribution in [2.45, 2.75) is 6.54 Å². The van der Waals surface area contributed by atoms with Crippen molar-refractivity contribution >= 4 is 28.6 Å². The van der Waals surface area contributed by atoms with Gasteiger partial charge in [0.05, 0.1) is 0 Å². The van der Waals surface area contributed by atoms with Crippen molar-refractivity contribution in [2.75, 3.05) is 13.1 Å². The van der Waals surface area contributed by atoms with Gasteiger partial charge < -0.3 is 10.2 Å². The number of urea groups is 1. The summed E-state index contributed by atoms with van der Waals surface area (Å²) < 4.78 is 1.21. The summed E-state index contributed by atoms with van der Waals surface area (Å²) in [5.74, 6) is 0. The molecule has 1 fully saturated rings. The minimum atomic E-state index is 0.0452. The lowest BCUT2D eigenvalue weighted by Gasteiger charge is -2.13. The van der Waals surface area contributed by atoms with E-state index in [0.717, 1.165) is 13.1 Å². The lowest BCUT2D eigenvalue weighted by Crippen LogP contribution is -2.27. The molecule has 1 heterocycles. The fraction of sp³-hybridized carbons (Fsp3) is 0.300. The first-order valence-electron chi connectivity index (χ1n) is 4.53. The Kier molecular flexibility index (Phi) is 2.90. The van der Waals surface area contributed by atoms with Gasteiger partial charge in [-0.15, -0.1) is 0 Å². The van der Waals surface area contributed by atoms with E-state index in [4.69, 9.17) is 0 Å². The number of nitrogens with zero attached hydrogens (tertiary/aromatic N) is 1. The number of benzene rings is 1. The number of hydrogen-bond acceptors (Lipinski definition) is 1. The van der Waals surface area contributed by atoms with Gasteiger partial charge in [-0.25, -0.2) is 4.79 Å². The molecular formula is C10H11IN2O. The van der Waals surface area contributed by atoms with Gasteiger partial charge in [0.1, 0.15) is 0 Å². The largest absolute Gasteiger partial charge is 0.336 e. The van der Waals surface area contributed by atoms with E-state index in [1.165, 1.54) is 9.13 Å². The molecule has 1 aromatic rings. The Hall–Kier alpha value is -0.780. The maximum Gasteiger partial charge on any atom is 0.317 e. The summed E-state index contributed by atoms with van der Waals surface area (Å²) in [4.78, 5) is 13.1. The van der Waals surface area contributed by atoms with E-state index in [-0.39, 0.29) is 6.03 Å². The predicted molar refractivity (Wildman–Crippen MR) is 63.0 cm³/mol. The third-order valence-corrected chi connectivity index (χ3v) is 2.88. The first-order chi connectivity index (χ1) is 6.75. The van der Waals surface area contributed by atoms with Gasteiger partial charge in [-0.1, -0.05) is 12.1 Å². The summed E-state index contributed by atoms with van der Waals surface area (Å²) in [6, 6.07) is 8.27. The topological polar surface area (TPSA) is 32.3 Å². The first kappa shape index (κ1) is 9.76. The summed E-state index contributed by atoms with van der Waals surface area (Å²) in [6.07, 6.45) is 0. The highest BCUT2D eigenvalue weighted by Gasteiger charge is 2.18. The maximum absolute atomic E-state index is 11.3. The van der Waals surface area contributed by atoms with Crippen LogP contribution in [0.25, 0.3) is 0 Å². The van der Waals surface area contributed by atoms with E-state index in [0.29, 0.717) is 6.54 Å². The Morgan fingerprint density at radius 1 is 1.50 bits per heavy atom. The average Bonchev–Trinajstić information content (AvgIpc) is 2.52. The molecule has 0 bridgehead atoms. The third-order valence-electron chi connectivity index (χ3n) is 2.21. The summed E-state index contributed by atoms with van der Waals surface area (Å²) in [5.41, 5.74) is 1.19. The van der Waals surface area contributed by atoms with E-state index in [2.05, 4.69) is 34.0 Å². The molecule has 0 aromatic heterocycles. The normalized spacial score (nSPS) is 15.8. The molecule has 1 aromatic carbocycles. The van der Waals surface area contributed by atoms with Crippen LogP contribution in [0.5, 0.6) is 0 Å². The smallest absolute Gasteiger partial charge is 0.317 e. The van der Waals surface area contributed by atoms with Gasteiger partial charge in [-0.2, -0.15) is 0 Å². The Labute approximate surface area is 96.6 Å². The van der Waals surface area contributed by atoms with Crippen molar-refractivity contribution < 1.29 is 4.79 Å². The molecule has 0 spiro atoms. The number of halogens is 1. The molecule has 2 amide bonds. The van der Waals surface area contributed by atoms with Gasteiger partial charge in [0.2, 0.25) is 0 Å². The summed E-state index contributed by atoms with van der Waals surface area (Å²) in [5, 5.41) is 2.79. The fourth-order valence-corrected chi connectivity index (χ4v) is 2.13. The van der Waals surface area contributed by atoms with E-state index in [9.17, 15) is 4.79 Å². The van der Waals surface area contributed by atoms with Gasteiger partial charge in [0, 0.05) is 23.2 Å². The molecule has 3 nitrogen and oxygen atoms in total. The molecule has 2 rings (SSSR count). The van der Waals surface area contributed by atoms with Gasteiger partial charge in [0.25, 0.3) is 0 Å². The zero-order valence-corrected chi connectivity index (χ0v) is 9.82. The zero-order chi connectivity index (χ0) is 9.97. The molecule has 1 aliphatic rings. The number of amides is 2. The maximum atomic E-state index is 11.3. The molecule has 4 heteroatoms. The van der Waals surface area contributed by atoms with Crippen LogP contribution in [0.15, 0.2) is 24.3 Å². The summed E-state index contributed by atoms with van der Waals surface area (Å²) >= 11 is 2.28. The van der Waals surface area contributed by atoms with Crippen LogP contribution in [0.2, 0.25) is 0 Å². The van der Waals surface area contributed by atoms with Gasteiger partial charge in [-0.05, 0) is 40.3 Å². The second-order valence-corrected chi connectivity index (χ2v) is 4.53. The molecule has 0 saturated carbocycles. The van der Waals surface area contributed by atoms with E-state index < -0.39 is 0 Å². The van der Waals surface area contributed by atoms with Crippen molar-refractivity contribution in [3.8, 4) is 0 Å². The number of carbonyl (C=O) groups excluding carboxylic acids is 1. The van der Waals surface area contributed by atoms with Crippen LogP contribution >= 0.6 is 22.6 Å². The van der Waals surface area contributed by atoms with Crippen LogP contribution in [0.4, 0.5) is 4.79 Å². The predicted octanol–water partition coefficient (Wildman–Crippen LogP) is 1.82. The third kappa shape index (κ3) is 2.17. The highest BCUT2D eigenvalue weighted by Crippen LogP contribution is 2.11. The van der Waals surface area contributed by atoms with Crippen molar-refractivity contribution in [2.24, 2.45) is 0 Å². The highest BCUT2D eigenvalue weighted by atomic mass is 127. The van der Waals surface area contributed by atoms with E-state index >= 15 is 0 Å². The monoisotopic (exact) mass is 302 g/mol. The first-order valence-corrected chi connectivity index (χ1v) is 5.61. The van der Waals surface area contributed by atoms with E-state index in [1.54, 1.807) is 0 Å². The fourth-order valence-electron chi connectivity index (χ4n) is 1.52. The van der Waals surface area contributed by atoms with Gasteiger partial charge in [-0.3, -0.25) is 0 Å². The van der Waals surface area contributed by atoms with Crippen LogP contribution in [0, 0.1) is 3.57 Å². The molecule has 0 aliphatic carbocycles. The SMILES string of the molecule is O=C1NCCN1Cc1cccc(I)c1. The molecule has 74 valence electrons. The van der Waals surface area contributed by atoms with Gasteiger partial charge in [0.15, 0.2) is 0 Å². The number of nitrogens with one attached hydrogen (secondary N) is 1. The van der Waals surface area contributed by atoms with Crippen LogP contribution in [0.1, 0.15) is 5.56 Å². The summed E-state index contributed by atoms with van der Waals surface area (Å²) in [6.45, 7) is 2.29. The van der Waals surface area contributed by atoms with E-state index in [1.807, 2.05) is 23.1 Å².